The molecule has 0 saturated carbocycles. The number of nitrogens with zero attached hydrogens (tertiary/aromatic N) is 4. The summed E-state index contributed by atoms with van der Waals surface area (Å²) >= 11 is 0. The van der Waals surface area contributed by atoms with Gasteiger partial charge in [-0.3, -0.25) is 5.41 Å². The van der Waals surface area contributed by atoms with Gasteiger partial charge in [0.25, 0.3) is 0 Å². The van der Waals surface area contributed by atoms with E-state index in [1.807, 2.05) is 66.9 Å². The van der Waals surface area contributed by atoms with Gasteiger partial charge in [-0.1, -0.05) is 146 Å². The number of amidine groups is 2. The van der Waals surface area contributed by atoms with Crippen LogP contribution in [0.5, 0.6) is 0 Å². The van der Waals surface area contributed by atoms with E-state index in [9.17, 15) is 0 Å². The number of rotatable bonds is 5. The van der Waals surface area contributed by atoms with Gasteiger partial charge in [0.15, 0.2) is 11.7 Å². The molecule has 10 aromatic rings. The van der Waals surface area contributed by atoms with Gasteiger partial charge in [0.1, 0.15) is 0 Å². The molecular formula is C49H33N5. The second kappa shape index (κ2) is 13.0. The molecule has 5 heteroatoms. The zero-order valence-electron chi connectivity index (χ0n) is 29.3. The summed E-state index contributed by atoms with van der Waals surface area (Å²) in [6.45, 7) is 0. The molecule has 0 spiro atoms. The summed E-state index contributed by atoms with van der Waals surface area (Å²) in [5.74, 6) is 0.635. The van der Waals surface area contributed by atoms with Gasteiger partial charge in [0.2, 0.25) is 0 Å². The molecule has 0 aliphatic rings. The Morgan fingerprint density at radius 1 is 0.444 bits per heavy atom. The van der Waals surface area contributed by atoms with Gasteiger partial charge in [0, 0.05) is 50.0 Å². The van der Waals surface area contributed by atoms with Gasteiger partial charge in [-0.25, -0.2) is 9.98 Å². The van der Waals surface area contributed by atoms with Crippen LogP contribution in [0.1, 0.15) is 16.7 Å². The summed E-state index contributed by atoms with van der Waals surface area (Å²) < 4.78 is 4.78. The maximum atomic E-state index is 8.96. The highest BCUT2D eigenvalue weighted by atomic mass is 15.0. The smallest absolute Gasteiger partial charge is 0.162 e. The number of aromatic nitrogens is 2. The highest BCUT2D eigenvalue weighted by Crippen LogP contribution is 2.40. The van der Waals surface area contributed by atoms with Crippen LogP contribution >= 0.6 is 0 Å². The van der Waals surface area contributed by atoms with E-state index in [-0.39, 0.29) is 5.84 Å². The molecule has 0 saturated heterocycles. The lowest BCUT2D eigenvalue weighted by atomic mass is 10.0. The maximum Gasteiger partial charge on any atom is 0.162 e. The molecule has 2 heterocycles. The Morgan fingerprint density at radius 2 is 1.00 bits per heavy atom. The SMILES string of the molecule is N=C(/N=C(\N=C\c1ccccc1)c1cccc2c(-n3c4ccccc4c4cc5c6ccccc6n(-c6ccccc6)c5cc43)cccc12)c1ccccc1. The molecule has 10 rings (SSSR count). The lowest BCUT2D eigenvalue weighted by Gasteiger charge is -2.14. The van der Waals surface area contributed by atoms with Gasteiger partial charge in [-0.2, -0.15) is 0 Å². The quantitative estimate of drug-likeness (QED) is 0.138. The Labute approximate surface area is 311 Å². The van der Waals surface area contributed by atoms with Gasteiger partial charge in [-0.05, 0) is 53.4 Å². The molecule has 0 fully saturated rings. The predicted molar refractivity (Wildman–Crippen MR) is 226 cm³/mol. The Morgan fingerprint density at radius 3 is 1.72 bits per heavy atom. The number of hydrogen-bond donors (Lipinski definition) is 1. The third-order valence-electron chi connectivity index (χ3n) is 10.3. The molecule has 0 aliphatic heterocycles. The first-order chi connectivity index (χ1) is 26.7. The van der Waals surface area contributed by atoms with Crippen molar-refractivity contribution in [2.45, 2.75) is 0 Å². The van der Waals surface area contributed by atoms with Crippen LogP contribution in [0.2, 0.25) is 0 Å². The van der Waals surface area contributed by atoms with Gasteiger partial charge in [-0.15, -0.1) is 0 Å². The minimum absolute atomic E-state index is 0.157. The first-order valence-corrected chi connectivity index (χ1v) is 18.1. The zero-order valence-corrected chi connectivity index (χ0v) is 29.3. The molecule has 0 unspecified atom stereocenters. The molecule has 2 aromatic heterocycles. The van der Waals surface area contributed by atoms with Crippen molar-refractivity contribution in [2.24, 2.45) is 9.98 Å². The van der Waals surface area contributed by atoms with E-state index in [2.05, 4.69) is 137 Å². The van der Waals surface area contributed by atoms with E-state index in [1.54, 1.807) is 0 Å². The molecule has 5 nitrogen and oxygen atoms in total. The van der Waals surface area contributed by atoms with E-state index < -0.39 is 0 Å². The van der Waals surface area contributed by atoms with Gasteiger partial charge < -0.3 is 9.13 Å². The van der Waals surface area contributed by atoms with Crippen LogP contribution in [0, 0.1) is 5.41 Å². The van der Waals surface area contributed by atoms with Crippen LogP contribution in [-0.2, 0) is 0 Å². The summed E-state index contributed by atoms with van der Waals surface area (Å²) in [7, 11) is 0. The average Bonchev–Trinajstić information content (AvgIpc) is 3.74. The maximum absolute atomic E-state index is 8.96. The summed E-state index contributed by atoms with van der Waals surface area (Å²) in [5, 5.41) is 15.9. The first-order valence-electron chi connectivity index (χ1n) is 18.1. The minimum atomic E-state index is 0.157. The van der Waals surface area contributed by atoms with Crippen LogP contribution < -0.4 is 0 Å². The van der Waals surface area contributed by atoms with Crippen LogP contribution in [0.15, 0.2) is 198 Å². The van der Waals surface area contributed by atoms with E-state index in [0.29, 0.717) is 5.84 Å². The van der Waals surface area contributed by atoms with E-state index >= 15 is 0 Å². The summed E-state index contributed by atoms with van der Waals surface area (Å²) in [6.07, 6.45) is 1.82. The third-order valence-corrected chi connectivity index (χ3v) is 10.3. The summed E-state index contributed by atoms with van der Waals surface area (Å²) in [5.41, 5.74) is 9.34. The molecule has 0 amide bonds. The van der Waals surface area contributed by atoms with Crippen molar-refractivity contribution in [1.29, 1.82) is 5.41 Å². The van der Waals surface area contributed by atoms with Crippen LogP contribution in [-0.4, -0.2) is 27.0 Å². The third kappa shape index (κ3) is 5.22. The minimum Gasteiger partial charge on any atom is -0.309 e. The van der Waals surface area contributed by atoms with Crippen molar-refractivity contribution in [3.8, 4) is 11.4 Å². The van der Waals surface area contributed by atoms with Crippen LogP contribution in [0.4, 0.5) is 0 Å². The number of aliphatic imine (C=N–C) groups is 2. The molecule has 0 radical (unpaired) electrons. The Hall–Kier alpha value is -7.37. The first kappa shape index (κ1) is 31.4. The number of benzene rings is 8. The largest absolute Gasteiger partial charge is 0.309 e. The second-order valence-corrected chi connectivity index (χ2v) is 13.4. The van der Waals surface area contributed by atoms with Crippen molar-refractivity contribution in [1.82, 2.24) is 9.13 Å². The summed E-state index contributed by atoms with van der Waals surface area (Å²) in [4.78, 5) is 9.80. The number of para-hydroxylation sites is 3. The van der Waals surface area contributed by atoms with Crippen molar-refractivity contribution < 1.29 is 0 Å². The Bertz CT molecular complexity index is 3100. The molecule has 254 valence electrons. The van der Waals surface area contributed by atoms with Crippen molar-refractivity contribution >= 4 is 72.3 Å². The molecule has 54 heavy (non-hydrogen) atoms. The van der Waals surface area contributed by atoms with E-state index in [4.69, 9.17) is 15.4 Å². The molecule has 0 atom stereocenters. The predicted octanol–water partition coefficient (Wildman–Crippen LogP) is 11.9. The van der Waals surface area contributed by atoms with E-state index in [1.165, 1.54) is 27.1 Å². The average molecular weight is 692 g/mol. The Balaban J connectivity index is 1.23. The van der Waals surface area contributed by atoms with Crippen LogP contribution in [0.25, 0.3) is 65.8 Å². The van der Waals surface area contributed by atoms with Crippen molar-refractivity contribution in [2.75, 3.05) is 0 Å². The fraction of sp³-hybridized carbons (Fsp3) is 0. The number of nitrogens with one attached hydrogen (secondary N) is 1. The zero-order chi connectivity index (χ0) is 36.0. The molecule has 0 aliphatic carbocycles. The number of fused-ring (bicyclic) bond motifs is 7. The molecular weight excluding hydrogens is 659 g/mol. The fourth-order valence-corrected chi connectivity index (χ4v) is 7.83. The topological polar surface area (TPSA) is 58.4 Å². The lowest BCUT2D eigenvalue weighted by molar-refractivity contribution is 1.17. The van der Waals surface area contributed by atoms with Crippen molar-refractivity contribution in [3.05, 3.63) is 205 Å². The standard InChI is InChI=1S/C49H33N5/c50-48(34-18-6-2-7-19-34)52-49(51-32-33-16-4-1-5-17-33)40-26-14-25-37-36(40)24-15-29-45(37)54-44-28-13-11-23-39(44)42-30-41-38-22-10-12-27-43(38)53(46(41)31-47(42)54)35-20-8-3-9-21-35/h1-32,50H/b50-48?,51-32+,52-49-. The fourth-order valence-electron chi connectivity index (χ4n) is 7.83. The molecule has 1 N–H and O–H groups in total. The highest BCUT2D eigenvalue weighted by Gasteiger charge is 2.20. The molecule has 0 bridgehead atoms. The Kier molecular flexibility index (Phi) is 7.55. The van der Waals surface area contributed by atoms with Gasteiger partial charge >= 0.3 is 0 Å². The highest BCUT2D eigenvalue weighted by molar-refractivity contribution is 6.21. The van der Waals surface area contributed by atoms with Crippen LogP contribution in [0.3, 0.4) is 0 Å². The van der Waals surface area contributed by atoms with Gasteiger partial charge in [0.05, 0.1) is 27.8 Å². The summed E-state index contributed by atoms with van der Waals surface area (Å²) in [6, 6.07) is 65.1. The van der Waals surface area contributed by atoms with Crippen molar-refractivity contribution in [3.63, 3.8) is 0 Å². The lowest BCUT2D eigenvalue weighted by Crippen LogP contribution is -2.06. The van der Waals surface area contributed by atoms with E-state index in [0.717, 1.165) is 55.4 Å². The monoisotopic (exact) mass is 691 g/mol. The number of hydrogen-bond acceptors (Lipinski definition) is 1. The normalized spacial score (nSPS) is 12.2. The second-order valence-electron chi connectivity index (χ2n) is 13.4. The molecule has 8 aromatic carbocycles.